The van der Waals surface area contributed by atoms with Crippen LogP contribution in [-0.2, 0) is 6.61 Å². The summed E-state index contributed by atoms with van der Waals surface area (Å²) in [5.74, 6) is 0.526. The maximum atomic E-state index is 15.0. The molecule has 0 aliphatic carbocycles. The van der Waals surface area contributed by atoms with Gasteiger partial charge >= 0.3 is 0 Å². The van der Waals surface area contributed by atoms with Gasteiger partial charge in [0.05, 0.1) is 5.69 Å². The summed E-state index contributed by atoms with van der Waals surface area (Å²) < 4.78 is 21.6. The first-order valence-corrected chi connectivity index (χ1v) is 10.9. The fourth-order valence-electron chi connectivity index (χ4n) is 3.76. The summed E-state index contributed by atoms with van der Waals surface area (Å²) in [4.78, 5) is 6.52. The van der Waals surface area contributed by atoms with Crippen LogP contribution in [0.1, 0.15) is 18.4 Å². The zero-order valence-electron chi connectivity index (χ0n) is 16.6. The summed E-state index contributed by atoms with van der Waals surface area (Å²) in [7, 11) is 0. The van der Waals surface area contributed by atoms with E-state index in [4.69, 9.17) is 4.74 Å². The average Bonchev–Trinajstić information content (AvgIpc) is 2.78. The Bertz CT molecular complexity index is 992. The quantitative estimate of drug-likeness (QED) is 0.487. The van der Waals surface area contributed by atoms with Crippen molar-refractivity contribution in [2.75, 3.05) is 24.6 Å². The number of aliphatic hydroxyl groups is 1. The Hall–Kier alpha value is -2.44. The SMILES string of the molecule is OCC1CCN(c2ccc(-c3ccc(Br)nc3OCc3ccccc3)cc2F)CC1. The first-order chi connectivity index (χ1) is 14.6. The number of anilines is 1. The van der Waals surface area contributed by atoms with Gasteiger partial charge in [-0.1, -0.05) is 36.4 Å². The van der Waals surface area contributed by atoms with Crippen LogP contribution in [0, 0.1) is 11.7 Å². The van der Waals surface area contributed by atoms with E-state index in [0.717, 1.165) is 42.6 Å². The molecule has 156 valence electrons. The number of piperidine rings is 1. The van der Waals surface area contributed by atoms with E-state index in [-0.39, 0.29) is 12.4 Å². The Morgan fingerprint density at radius 3 is 2.53 bits per heavy atom. The molecule has 4 rings (SSSR count). The van der Waals surface area contributed by atoms with Gasteiger partial charge in [-0.05, 0) is 70.1 Å². The molecule has 1 fully saturated rings. The Morgan fingerprint density at radius 1 is 1.07 bits per heavy atom. The lowest BCUT2D eigenvalue weighted by atomic mass is 9.97. The van der Waals surface area contributed by atoms with Crippen molar-refractivity contribution in [3.05, 3.63) is 76.6 Å². The predicted octanol–water partition coefficient (Wildman–Crippen LogP) is 5.44. The van der Waals surface area contributed by atoms with Gasteiger partial charge in [-0.2, -0.15) is 0 Å². The molecule has 1 N–H and O–H groups in total. The van der Waals surface area contributed by atoms with Crippen molar-refractivity contribution >= 4 is 21.6 Å². The molecule has 1 aliphatic heterocycles. The van der Waals surface area contributed by atoms with Crippen LogP contribution in [0.25, 0.3) is 11.1 Å². The minimum absolute atomic E-state index is 0.206. The van der Waals surface area contributed by atoms with Crippen LogP contribution in [0.15, 0.2) is 65.3 Å². The summed E-state index contributed by atoms with van der Waals surface area (Å²) in [6.07, 6.45) is 1.76. The predicted molar refractivity (Wildman–Crippen MR) is 120 cm³/mol. The van der Waals surface area contributed by atoms with Crippen molar-refractivity contribution in [1.82, 2.24) is 4.98 Å². The second-order valence-corrected chi connectivity index (χ2v) is 8.35. The van der Waals surface area contributed by atoms with Gasteiger partial charge in [0.25, 0.3) is 0 Å². The monoisotopic (exact) mass is 470 g/mol. The fraction of sp³-hybridized carbons (Fsp3) is 0.292. The highest BCUT2D eigenvalue weighted by molar-refractivity contribution is 9.10. The van der Waals surface area contributed by atoms with Gasteiger partial charge < -0.3 is 14.7 Å². The summed E-state index contributed by atoms with van der Waals surface area (Å²) in [6.45, 7) is 2.11. The van der Waals surface area contributed by atoms with Gasteiger partial charge in [-0.15, -0.1) is 0 Å². The second-order valence-electron chi connectivity index (χ2n) is 7.54. The van der Waals surface area contributed by atoms with Crippen LogP contribution < -0.4 is 9.64 Å². The summed E-state index contributed by atoms with van der Waals surface area (Å²) in [5.41, 5.74) is 3.12. The van der Waals surface area contributed by atoms with E-state index in [0.29, 0.717) is 28.7 Å². The molecule has 0 radical (unpaired) electrons. The Labute approximate surface area is 184 Å². The van der Waals surface area contributed by atoms with Crippen LogP contribution in [0.3, 0.4) is 0 Å². The number of benzene rings is 2. The largest absolute Gasteiger partial charge is 0.472 e. The lowest BCUT2D eigenvalue weighted by Crippen LogP contribution is -2.35. The topological polar surface area (TPSA) is 45.6 Å². The number of aliphatic hydroxyl groups excluding tert-OH is 1. The average molecular weight is 471 g/mol. The van der Waals surface area contributed by atoms with Crippen molar-refractivity contribution in [2.24, 2.45) is 5.92 Å². The molecule has 6 heteroatoms. The molecule has 1 aromatic heterocycles. The highest BCUT2D eigenvalue weighted by Crippen LogP contribution is 2.34. The van der Waals surface area contributed by atoms with E-state index in [1.54, 1.807) is 6.07 Å². The van der Waals surface area contributed by atoms with Crippen LogP contribution >= 0.6 is 15.9 Å². The number of halogens is 2. The molecule has 0 bridgehead atoms. The molecule has 0 atom stereocenters. The van der Waals surface area contributed by atoms with Gasteiger partial charge in [0.1, 0.15) is 17.0 Å². The van der Waals surface area contributed by atoms with Gasteiger partial charge in [-0.3, -0.25) is 0 Å². The highest BCUT2D eigenvalue weighted by Gasteiger charge is 2.21. The van der Waals surface area contributed by atoms with E-state index >= 15 is 0 Å². The summed E-state index contributed by atoms with van der Waals surface area (Å²) in [6, 6.07) is 18.9. The Morgan fingerprint density at radius 2 is 1.83 bits per heavy atom. The lowest BCUT2D eigenvalue weighted by molar-refractivity contribution is 0.203. The van der Waals surface area contributed by atoms with Crippen LogP contribution in [0.5, 0.6) is 5.88 Å². The molecule has 0 spiro atoms. The molecule has 30 heavy (non-hydrogen) atoms. The van der Waals surface area contributed by atoms with Crippen molar-refractivity contribution in [3.63, 3.8) is 0 Å². The van der Waals surface area contributed by atoms with Gasteiger partial charge in [-0.25, -0.2) is 9.37 Å². The molecule has 0 saturated carbocycles. The van der Waals surface area contributed by atoms with E-state index in [1.165, 1.54) is 0 Å². The maximum absolute atomic E-state index is 15.0. The third-order valence-electron chi connectivity index (χ3n) is 5.52. The first-order valence-electron chi connectivity index (χ1n) is 10.1. The molecule has 1 saturated heterocycles. The standard InChI is InChI=1S/C24H24BrFN2O2/c25-23-9-7-20(24(27-23)30-16-18-4-2-1-3-5-18)19-6-8-22(21(26)14-19)28-12-10-17(15-29)11-13-28/h1-9,14,17,29H,10-13,15-16H2. The molecule has 0 unspecified atom stereocenters. The third-order valence-corrected chi connectivity index (χ3v) is 5.96. The molecule has 3 aromatic rings. The zero-order chi connectivity index (χ0) is 20.9. The fourth-order valence-corrected chi connectivity index (χ4v) is 4.05. The number of hydrogen-bond donors (Lipinski definition) is 1. The zero-order valence-corrected chi connectivity index (χ0v) is 18.2. The Balaban J connectivity index is 1.56. The van der Waals surface area contributed by atoms with Crippen LogP contribution in [0.2, 0.25) is 0 Å². The second kappa shape index (κ2) is 9.58. The van der Waals surface area contributed by atoms with Crippen molar-refractivity contribution < 1.29 is 14.2 Å². The van der Waals surface area contributed by atoms with Crippen molar-refractivity contribution in [2.45, 2.75) is 19.4 Å². The lowest BCUT2D eigenvalue weighted by Gasteiger charge is -2.33. The van der Waals surface area contributed by atoms with E-state index in [2.05, 4.69) is 25.8 Å². The molecular formula is C24H24BrFN2O2. The smallest absolute Gasteiger partial charge is 0.222 e. The van der Waals surface area contributed by atoms with Crippen LogP contribution in [0.4, 0.5) is 10.1 Å². The molecule has 0 amide bonds. The highest BCUT2D eigenvalue weighted by atomic mass is 79.9. The molecule has 1 aliphatic rings. The summed E-state index contributed by atoms with van der Waals surface area (Å²) in [5, 5.41) is 9.31. The molecular weight excluding hydrogens is 447 g/mol. The number of nitrogens with zero attached hydrogens (tertiary/aromatic N) is 2. The van der Waals surface area contributed by atoms with E-state index < -0.39 is 0 Å². The van der Waals surface area contributed by atoms with Crippen LogP contribution in [-0.4, -0.2) is 29.8 Å². The molecule has 2 aromatic carbocycles. The van der Waals surface area contributed by atoms with Crippen molar-refractivity contribution in [3.8, 4) is 17.0 Å². The van der Waals surface area contributed by atoms with Crippen molar-refractivity contribution in [1.29, 1.82) is 0 Å². The normalized spacial score (nSPS) is 14.7. The number of aromatic nitrogens is 1. The number of pyridine rings is 1. The third kappa shape index (κ3) is 4.82. The van der Waals surface area contributed by atoms with Gasteiger partial charge in [0.15, 0.2) is 0 Å². The van der Waals surface area contributed by atoms with Gasteiger partial charge in [0.2, 0.25) is 5.88 Å². The van der Waals surface area contributed by atoms with E-state index in [1.807, 2.05) is 54.6 Å². The minimum Gasteiger partial charge on any atom is -0.472 e. The minimum atomic E-state index is -0.258. The Kier molecular flexibility index (Phi) is 6.65. The number of rotatable bonds is 6. The van der Waals surface area contributed by atoms with E-state index in [9.17, 15) is 9.50 Å². The molecule has 4 nitrogen and oxygen atoms in total. The number of ether oxygens (including phenoxy) is 1. The number of hydrogen-bond acceptors (Lipinski definition) is 4. The van der Waals surface area contributed by atoms with Gasteiger partial charge in [0, 0.05) is 25.3 Å². The first kappa shape index (κ1) is 20.8. The molecule has 2 heterocycles. The maximum Gasteiger partial charge on any atom is 0.222 e. The summed E-state index contributed by atoms with van der Waals surface area (Å²) >= 11 is 3.39.